The lowest BCUT2D eigenvalue weighted by molar-refractivity contribution is -0.137. The lowest BCUT2D eigenvalue weighted by Gasteiger charge is -2.28. The number of ether oxygens (including phenoxy) is 2. The van der Waals surface area contributed by atoms with Crippen LogP contribution in [-0.2, 0) is 22.4 Å². The summed E-state index contributed by atoms with van der Waals surface area (Å²) in [6, 6.07) is 16.8. The number of carbonyl (C=O) groups is 2. The average molecular weight is 522 g/mol. The molecule has 0 saturated carbocycles. The molecule has 1 fully saturated rings. The molecule has 2 amide bonds. The number of cyclic esters (lactones) is 1. The van der Waals surface area contributed by atoms with Crippen LogP contribution in [0.15, 0.2) is 66.7 Å². The van der Waals surface area contributed by atoms with Gasteiger partial charge in [-0.3, -0.25) is 4.79 Å². The highest BCUT2D eigenvalue weighted by molar-refractivity contribution is 5.95. The predicted octanol–water partition coefficient (Wildman–Crippen LogP) is 6.21. The molecule has 0 bridgehead atoms. The van der Waals surface area contributed by atoms with E-state index >= 15 is 0 Å². The first kappa shape index (κ1) is 29.4. The normalized spacial score (nSPS) is 18.7. The van der Waals surface area contributed by atoms with Crippen LogP contribution in [0.4, 0.5) is 4.79 Å². The molecular formula is C32H43NO5. The molecule has 0 unspecified atom stereocenters. The minimum atomic E-state index is -0.898. The van der Waals surface area contributed by atoms with Crippen molar-refractivity contribution < 1.29 is 24.2 Å². The Labute approximate surface area is 227 Å². The van der Waals surface area contributed by atoms with E-state index in [0.717, 1.165) is 29.7 Å². The maximum Gasteiger partial charge on any atom is 0.416 e. The van der Waals surface area contributed by atoms with Gasteiger partial charge in [-0.05, 0) is 67.2 Å². The van der Waals surface area contributed by atoms with E-state index in [1.807, 2.05) is 54.6 Å². The van der Waals surface area contributed by atoms with E-state index in [-0.39, 0.29) is 12.5 Å². The maximum atomic E-state index is 13.8. The van der Waals surface area contributed by atoms with Gasteiger partial charge in [0.2, 0.25) is 5.91 Å². The third kappa shape index (κ3) is 8.45. The van der Waals surface area contributed by atoms with Gasteiger partial charge in [-0.25, -0.2) is 9.69 Å². The van der Waals surface area contributed by atoms with E-state index in [1.54, 1.807) is 7.11 Å². The smallest absolute Gasteiger partial charge is 0.416 e. The van der Waals surface area contributed by atoms with Gasteiger partial charge < -0.3 is 14.6 Å². The average Bonchev–Trinajstić information content (AvgIpc) is 3.29. The Bertz CT molecular complexity index is 1040. The van der Waals surface area contributed by atoms with E-state index in [9.17, 15) is 14.7 Å². The number of hydrogen-bond acceptors (Lipinski definition) is 5. The highest BCUT2D eigenvalue weighted by atomic mass is 16.6. The van der Waals surface area contributed by atoms with Crippen LogP contribution >= 0.6 is 0 Å². The monoisotopic (exact) mass is 521 g/mol. The summed E-state index contributed by atoms with van der Waals surface area (Å²) in [6.45, 7) is 6.83. The Morgan fingerprint density at radius 3 is 2.50 bits per heavy atom. The Kier molecular flexibility index (Phi) is 11.4. The van der Waals surface area contributed by atoms with Gasteiger partial charge in [-0.15, -0.1) is 0 Å². The first-order valence-corrected chi connectivity index (χ1v) is 13.8. The van der Waals surface area contributed by atoms with Crippen LogP contribution in [0.2, 0.25) is 0 Å². The second-order valence-corrected chi connectivity index (χ2v) is 10.6. The second kappa shape index (κ2) is 14.7. The molecule has 1 N–H and O–H groups in total. The van der Waals surface area contributed by atoms with Crippen LogP contribution in [0, 0.1) is 17.8 Å². The number of allylic oxidation sites excluding steroid dienone is 2. The molecular weight excluding hydrogens is 478 g/mol. The second-order valence-electron chi connectivity index (χ2n) is 10.6. The van der Waals surface area contributed by atoms with Crippen LogP contribution in [0.5, 0.6) is 5.75 Å². The molecule has 0 radical (unpaired) electrons. The molecule has 0 aliphatic carbocycles. The number of amides is 2. The number of hydrogen-bond donors (Lipinski definition) is 1. The highest BCUT2D eigenvalue weighted by Crippen LogP contribution is 2.26. The fourth-order valence-electron chi connectivity index (χ4n) is 5.03. The number of nitrogens with zero attached hydrogens (tertiary/aromatic N) is 1. The van der Waals surface area contributed by atoms with Crippen molar-refractivity contribution >= 4 is 12.0 Å². The van der Waals surface area contributed by atoms with Gasteiger partial charge in [0.15, 0.2) is 0 Å². The van der Waals surface area contributed by atoms with Gasteiger partial charge in [-0.2, -0.15) is 0 Å². The van der Waals surface area contributed by atoms with E-state index in [4.69, 9.17) is 9.47 Å². The SMILES string of the molecule is CC[C@H](C)C[C@H](C)/C=C/CC[C@H](O)[C@@H](Cc1ccc(OC)cc1)C(=O)N1C(=O)OC[C@H]1Cc1ccccc1. The Hall–Kier alpha value is -3.12. The van der Waals surface area contributed by atoms with Crippen LogP contribution in [0.3, 0.4) is 0 Å². The molecule has 6 heteroatoms. The van der Waals surface area contributed by atoms with Crippen molar-refractivity contribution in [3.63, 3.8) is 0 Å². The summed E-state index contributed by atoms with van der Waals surface area (Å²) in [5.74, 6) is 0.719. The third-order valence-electron chi connectivity index (χ3n) is 7.47. The predicted molar refractivity (Wildman–Crippen MR) is 150 cm³/mol. The van der Waals surface area contributed by atoms with Gasteiger partial charge in [0.05, 0.1) is 25.2 Å². The number of aliphatic hydroxyl groups excluding tert-OH is 1. The molecule has 1 heterocycles. The van der Waals surface area contributed by atoms with Crippen molar-refractivity contribution in [3.05, 3.63) is 77.9 Å². The number of imide groups is 1. The summed E-state index contributed by atoms with van der Waals surface area (Å²) in [6.07, 6.45) is 7.00. The highest BCUT2D eigenvalue weighted by Gasteiger charge is 2.42. The van der Waals surface area contributed by atoms with Crippen molar-refractivity contribution in [1.29, 1.82) is 0 Å². The van der Waals surface area contributed by atoms with E-state index in [2.05, 4.69) is 32.9 Å². The van der Waals surface area contributed by atoms with Crippen LogP contribution in [-0.4, -0.2) is 47.9 Å². The number of methoxy groups -OCH3 is 1. The first-order valence-electron chi connectivity index (χ1n) is 13.8. The van der Waals surface area contributed by atoms with E-state index in [1.165, 1.54) is 4.90 Å². The molecule has 2 aromatic rings. The largest absolute Gasteiger partial charge is 0.497 e. The lowest BCUT2D eigenvalue weighted by atomic mass is 9.89. The summed E-state index contributed by atoms with van der Waals surface area (Å²) in [5, 5.41) is 11.3. The Morgan fingerprint density at radius 2 is 1.84 bits per heavy atom. The maximum absolute atomic E-state index is 13.8. The van der Waals surface area contributed by atoms with Gasteiger partial charge in [-0.1, -0.05) is 81.8 Å². The fourth-order valence-corrected chi connectivity index (χ4v) is 5.03. The topological polar surface area (TPSA) is 76.1 Å². The summed E-state index contributed by atoms with van der Waals surface area (Å²) in [5.41, 5.74) is 1.92. The molecule has 1 aliphatic heterocycles. The first-order chi connectivity index (χ1) is 18.3. The molecule has 1 saturated heterocycles. The van der Waals surface area contributed by atoms with Crippen LogP contribution in [0.1, 0.15) is 57.6 Å². The molecule has 206 valence electrons. The number of benzene rings is 2. The molecule has 3 rings (SSSR count). The van der Waals surface area contributed by atoms with E-state index in [0.29, 0.717) is 37.5 Å². The van der Waals surface area contributed by atoms with Crippen molar-refractivity contribution in [1.82, 2.24) is 4.90 Å². The number of rotatable bonds is 14. The van der Waals surface area contributed by atoms with Crippen LogP contribution in [0.25, 0.3) is 0 Å². The van der Waals surface area contributed by atoms with Crippen molar-refractivity contribution in [2.24, 2.45) is 17.8 Å². The molecule has 1 aliphatic rings. The minimum Gasteiger partial charge on any atom is -0.497 e. The van der Waals surface area contributed by atoms with Crippen molar-refractivity contribution in [2.75, 3.05) is 13.7 Å². The molecule has 38 heavy (non-hydrogen) atoms. The summed E-state index contributed by atoms with van der Waals surface area (Å²) >= 11 is 0. The Morgan fingerprint density at radius 1 is 1.13 bits per heavy atom. The Balaban J connectivity index is 1.74. The third-order valence-corrected chi connectivity index (χ3v) is 7.47. The minimum absolute atomic E-state index is 0.154. The zero-order valence-corrected chi connectivity index (χ0v) is 23.2. The van der Waals surface area contributed by atoms with Gasteiger partial charge in [0.25, 0.3) is 0 Å². The summed E-state index contributed by atoms with van der Waals surface area (Å²) in [7, 11) is 1.61. The molecule has 0 spiro atoms. The number of carbonyl (C=O) groups excluding carboxylic acids is 2. The summed E-state index contributed by atoms with van der Waals surface area (Å²) < 4.78 is 10.6. The molecule has 0 aromatic heterocycles. The van der Waals surface area contributed by atoms with Crippen LogP contribution < -0.4 is 4.74 Å². The van der Waals surface area contributed by atoms with E-state index < -0.39 is 24.2 Å². The van der Waals surface area contributed by atoms with Gasteiger partial charge in [0, 0.05) is 0 Å². The zero-order chi connectivity index (χ0) is 27.5. The standard InChI is InChI=1S/C32H43NO5/c1-5-23(2)19-24(3)11-9-10-14-30(34)29(21-26-15-17-28(37-4)18-16-26)31(35)33-27(22-38-32(33)36)20-25-12-7-6-8-13-25/h6-9,11-13,15-18,23-24,27,29-30,34H,5,10,14,19-22H2,1-4H3/b11-9+/t23-,24+,27+,29+,30-/m0/s1. The summed E-state index contributed by atoms with van der Waals surface area (Å²) in [4.78, 5) is 27.8. The fraction of sp³-hybridized carbons (Fsp3) is 0.500. The quantitative estimate of drug-likeness (QED) is 0.299. The van der Waals surface area contributed by atoms with Crippen molar-refractivity contribution in [2.45, 2.75) is 71.4 Å². The molecule has 5 atom stereocenters. The number of aliphatic hydroxyl groups is 1. The molecule has 2 aromatic carbocycles. The lowest BCUT2D eigenvalue weighted by Crippen LogP contribution is -2.47. The van der Waals surface area contributed by atoms with Gasteiger partial charge >= 0.3 is 6.09 Å². The zero-order valence-electron chi connectivity index (χ0n) is 23.2. The molecule has 6 nitrogen and oxygen atoms in total. The van der Waals surface area contributed by atoms with Gasteiger partial charge in [0.1, 0.15) is 12.4 Å². The van der Waals surface area contributed by atoms with Crippen molar-refractivity contribution in [3.8, 4) is 5.75 Å².